The highest BCUT2D eigenvalue weighted by Gasteiger charge is 2.14. The predicted octanol–water partition coefficient (Wildman–Crippen LogP) is 4.58. The normalized spacial score (nSPS) is 12.6. The Morgan fingerprint density at radius 1 is 1.14 bits per heavy atom. The van der Waals surface area contributed by atoms with Gasteiger partial charge in [-0.15, -0.1) is 11.3 Å². The molecule has 0 bridgehead atoms. The number of thiophene rings is 1. The van der Waals surface area contributed by atoms with Crippen LogP contribution in [0.2, 0.25) is 0 Å². The van der Waals surface area contributed by atoms with Crippen LogP contribution in [-0.2, 0) is 6.42 Å². The van der Waals surface area contributed by atoms with E-state index in [1.165, 1.54) is 15.8 Å². The van der Waals surface area contributed by atoms with E-state index in [1.54, 1.807) is 0 Å². The Balaban J connectivity index is 1.90. The zero-order valence-electron chi connectivity index (χ0n) is 12.3. The highest BCUT2D eigenvalue weighted by molar-refractivity contribution is 7.10. The molecule has 2 nitrogen and oxygen atoms in total. The van der Waals surface area contributed by atoms with E-state index in [-0.39, 0.29) is 0 Å². The first kappa shape index (κ1) is 14.2. The van der Waals surface area contributed by atoms with Crippen LogP contribution in [0.3, 0.4) is 0 Å². The maximum atomic E-state index is 4.46. The van der Waals surface area contributed by atoms with Crippen molar-refractivity contribution in [2.45, 2.75) is 25.8 Å². The molecule has 3 aromatic rings. The molecule has 0 saturated carbocycles. The van der Waals surface area contributed by atoms with Gasteiger partial charge in [0.1, 0.15) is 0 Å². The number of fused-ring (bicyclic) bond motifs is 1. The Bertz CT molecular complexity index is 686. The number of pyridine rings is 1. The second-order valence-electron chi connectivity index (χ2n) is 5.21. The number of para-hydroxylation sites is 1. The van der Waals surface area contributed by atoms with Crippen LogP contribution in [0.1, 0.15) is 29.8 Å². The number of nitrogens with one attached hydrogen (secondary N) is 1. The lowest BCUT2D eigenvalue weighted by Gasteiger charge is -2.18. The fourth-order valence-electron chi connectivity index (χ4n) is 2.63. The van der Waals surface area contributed by atoms with Gasteiger partial charge in [-0.1, -0.05) is 31.2 Å². The first-order valence-corrected chi connectivity index (χ1v) is 8.36. The lowest BCUT2D eigenvalue weighted by atomic mass is 10.0. The van der Waals surface area contributed by atoms with Crippen LogP contribution in [0.15, 0.2) is 54.0 Å². The molecule has 0 aliphatic rings. The average molecular weight is 296 g/mol. The molecule has 0 spiro atoms. The lowest BCUT2D eigenvalue weighted by molar-refractivity contribution is 0.538. The molecule has 21 heavy (non-hydrogen) atoms. The summed E-state index contributed by atoms with van der Waals surface area (Å²) in [5.74, 6) is 0. The first-order valence-electron chi connectivity index (χ1n) is 7.48. The van der Waals surface area contributed by atoms with E-state index in [2.05, 4.69) is 59.0 Å². The highest BCUT2D eigenvalue weighted by atomic mass is 32.1. The molecular formula is C18H20N2S. The second kappa shape index (κ2) is 6.83. The Morgan fingerprint density at radius 2 is 2.05 bits per heavy atom. The minimum Gasteiger partial charge on any atom is -0.309 e. The summed E-state index contributed by atoms with van der Waals surface area (Å²) >= 11 is 1.83. The van der Waals surface area contributed by atoms with Gasteiger partial charge < -0.3 is 5.32 Å². The highest BCUT2D eigenvalue weighted by Crippen LogP contribution is 2.26. The monoisotopic (exact) mass is 296 g/mol. The van der Waals surface area contributed by atoms with Crippen molar-refractivity contribution in [1.82, 2.24) is 10.3 Å². The lowest BCUT2D eigenvalue weighted by Crippen LogP contribution is -2.23. The van der Waals surface area contributed by atoms with Crippen molar-refractivity contribution in [1.29, 1.82) is 0 Å². The topological polar surface area (TPSA) is 24.9 Å². The van der Waals surface area contributed by atoms with E-state index in [1.807, 2.05) is 23.6 Å². The predicted molar refractivity (Wildman–Crippen MR) is 90.8 cm³/mol. The van der Waals surface area contributed by atoms with Gasteiger partial charge >= 0.3 is 0 Å². The fourth-order valence-corrected chi connectivity index (χ4v) is 3.44. The van der Waals surface area contributed by atoms with Gasteiger partial charge in [-0.3, -0.25) is 4.98 Å². The Morgan fingerprint density at radius 3 is 2.86 bits per heavy atom. The van der Waals surface area contributed by atoms with Gasteiger partial charge in [0.25, 0.3) is 0 Å². The SMILES string of the molecule is CCCNC(Cc1ccnc2ccccc12)c1cccs1. The van der Waals surface area contributed by atoms with Crippen molar-refractivity contribution in [2.24, 2.45) is 0 Å². The average Bonchev–Trinajstić information content (AvgIpc) is 3.06. The van der Waals surface area contributed by atoms with E-state index in [4.69, 9.17) is 0 Å². The largest absolute Gasteiger partial charge is 0.309 e. The minimum atomic E-state index is 0.385. The third kappa shape index (κ3) is 3.31. The summed E-state index contributed by atoms with van der Waals surface area (Å²) in [6, 6.07) is 15.3. The van der Waals surface area contributed by atoms with Crippen LogP contribution < -0.4 is 5.32 Å². The van der Waals surface area contributed by atoms with E-state index < -0.39 is 0 Å². The molecule has 1 unspecified atom stereocenters. The van der Waals surface area contributed by atoms with Crippen molar-refractivity contribution in [2.75, 3.05) is 6.54 Å². The molecule has 0 aliphatic carbocycles. The number of hydrogen-bond acceptors (Lipinski definition) is 3. The quantitative estimate of drug-likeness (QED) is 0.720. The molecule has 1 atom stereocenters. The van der Waals surface area contributed by atoms with Gasteiger partial charge in [0.2, 0.25) is 0 Å². The van der Waals surface area contributed by atoms with Crippen LogP contribution >= 0.6 is 11.3 Å². The summed E-state index contributed by atoms with van der Waals surface area (Å²) in [5.41, 5.74) is 2.44. The summed E-state index contributed by atoms with van der Waals surface area (Å²) in [7, 11) is 0. The van der Waals surface area contributed by atoms with E-state index >= 15 is 0 Å². The van der Waals surface area contributed by atoms with Gasteiger partial charge in [-0.25, -0.2) is 0 Å². The van der Waals surface area contributed by atoms with E-state index in [0.717, 1.165) is 24.9 Å². The number of rotatable bonds is 6. The Kier molecular flexibility index (Phi) is 4.63. The number of nitrogens with zero attached hydrogens (tertiary/aromatic N) is 1. The third-order valence-corrected chi connectivity index (χ3v) is 4.68. The van der Waals surface area contributed by atoms with E-state index in [9.17, 15) is 0 Å². The molecule has 3 heteroatoms. The third-order valence-electron chi connectivity index (χ3n) is 3.69. The number of benzene rings is 1. The second-order valence-corrected chi connectivity index (χ2v) is 6.19. The van der Waals surface area contributed by atoms with Crippen molar-refractivity contribution >= 4 is 22.2 Å². The molecule has 1 aromatic carbocycles. The molecule has 0 fully saturated rings. The van der Waals surface area contributed by atoms with E-state index in [0.29, 0.717) is 6.04 Å². The van der Waals surface area contributed by atoms with Crippen LogP contribution in [0.5, 0.6) is 0 Å². The van der Waals surface area contributed by atoms with Gasteiger partial charge in [0, 0.05) is 22.5 Å². The molecule has 1 N–H and O–H groups in total. The van der Waals surface area contributed by atoms with Crippen molar-refractivity contribution in [3.05, 3.63) is 64.5 Å². The molecule has 108 valence electrons. The first-order chi connectivity index (χ1) is 10.4. The number of hydrogen-bond donors (Lipinski definition) is 1. The van der Waals surface area contributed by atoms with Crippen molar-refractivity contribution in [3.8, 4) is 0 Å². The Labute approximate surface area is 129 Å². The van der Waals surface area contributed by atoms with Crippen LogP contribution in [0, 0.1) is 0 Å². The maximum Gasteiger partial charge on any atom is 0.0704 e. The molecule has 2 heterocycles. The minimum absolute atomic E-state index is 0.385. The summed E-state index contributed by atoms with van der Waals surface area (Å²) in [4.78, 5) is 5.86. The molecular weight excluding hydrogens is 276 g/mol. The molecule has 0 amide bonds. The van der Waals surface area contributed by atoms with Gasteiger partial charge in [-0.05, 0) is 48.5 Å². The molecule has 3 rings (SSSR count). The van der Waals surface area contributed by atoms with Gasteiger partial charge in [-0.2, -0.15) is 0 Å². The standard InChI is InChI=1S/C18H20N2S/c1-2-10-19-17(18-8-5-12-21-18)13-14-9-11-20-16-7-4-3-6-15(14)16/h3-9,11-12,17,19H,2,10,13H2,1H3. The number of aromatic nitrogens is 1. The molecule has 2 aromatic heterocycles. The zero-order chi connectivity index (χ0) is 14.5. The molecule has 0 radical (unpaired) electrons. The maximum absolute atomic E-state index is 4.46. The summed E-state index contributed by atoms with van der Waals surface area (Å²) < 4.78 is 0. The summed E-state index contributed by atoms with van der Waals surface area (Å²) in [5, 5.41) is 7.09. The van der Waals surface area contributed by atoms with Gasteiger partial charge in [0.15, 0.2) is 0 Å². The molecule has 0 saturated heterocycles. The van der Waals surface area contributed by atoms with Crippen LogP contribution in [0.4, 0.5) is 0 Å². The Hall–Kier alpha value is -1.71. The van der Waals surface area contributed by atoms with Crippen LogP contribution in [-0.4, -0.2) is 11.5 Å². The van der Waals surface area contributed by atoms with Crippen molar-refractivity contribution < 1.29 is 0 Å². The summed E-state index contributed by atoms with van der Waals surface area (Å²) in [6.07, 6.45) is 4.07. The van der Waals surface area contributed by atoms with Crippen molar-refractivity contribution in [3.63, 3.8) is 0 Å². The zero-order valence-corrected chi connectivity index (χ0v) is 13.1. The smallest absolute Gasteiger partial charge is 0.0704 e. The summed E-state index contributed by atoms with van der Waals surface area (Å²) in [6.45, 7) is 3.26. The van der Waals surface area contributed by atoms with Gasteiger partial charge in [0.05, 0.1) is 5.52 Å². The fraction of sp³-hybridized carbons (Fsp3) is 0.278. The van der Waals surface area contributed by atoms with Crippen LogP contribution in [0.25, 0.3) is 10.9 Å². The molecule has 0 aliphatic heterocycles.